The number of amides is 1. The first kappa shape index (κ1) is 13.7. The molecule has 3 heteroatoms. The van der Waals surface area contributed by atoms with Crippen LogP contribution >= 0.6 is 0 Å². The number of carbonyl (C=O) groups excluding carboxylic acids is 1. The summed E-state index contributed by atoms with van der Waals surface area (Å²) in [6.07, 6.45) is 1.76. The Morgan fingerprint density at radius 3 is 2.30 bits per heavy atom. The predicted molar refractivity (Wildman–Crippen MR) is 89.7 cm³/mol. The highest BCUT2D eigenvalue weighted by Crippen LogP contribution is 2.25. The lowest BCUT2D eigenvalue weighted by molar-refractivity contribution is 0.0751. The second-order valence-corrected chi connectivity index (χ2v) is 5.73. The van der Waals surface area contributed by atoms with Crippen LogP contribution in [-0.4, -0.2) is 15.8 Å². The highest BCUT2D eigenvalue weighted by molar-refractivity contribution is 5.95. The molecule has 0 unspecified atom stereocenters. The van der Waals surface area contributed by atoms with Crippen molar-refractivity contribution in [2.24, 2.45) is 0 Å². The highest BCUT2D eigenvalue weighted by atomic mass is 16.2. The van der Waals surface area contributed by atoms with E-state index in [1.54, 1.807) is 6.20 Å². The van der Waals surface area contributed by atoms with Crippen molar-refractivity contribution >= 4 is 5.91 Å². The van der Waals surface area contributed by atoms with E-state index in [0.717, 1.165) is 11.3 Å². The molecule has 1 aliphatic heterocycles. The molecular weight excluding hydrogens is 284 g/mol. The van der Waals surface area contributed by atoms with Crippen molar-refractivity contribution in [1.29, 1.82) is 0 Å². The van der Waals surface area contributed by atoms with Crippen molar-refractivity contribution in [3.8, 4) is 11.3 Å². The van der Waals surface area contributed by atoms with Gasteiger partial charge in [0.2, 0.25) is 0 Å². The Bertz CT molecular complexity index is 833. The Balaban J connectivity index is 1.61. The summed E-state index contributed by atoms with van der Waals surface area (Å²) in [6, 6.07) is 21.7. The molecule has 1 amide bonds. The van der Waals surface area contributed by atoms with E-state index in [1.165, 1.54) is 11.1 Å². The topological polar surface area (TPSA) is 33.2 Å². The van der Waals surface area contributed by atoms with Gasteiger partial charge >= 0.3 is 0 Å². The molecule has 0 fully saturated rings. The van der Waals surface area contributed by atoms with Crippen molar-refractivity contribution in [2.75, 3.05) is 0 Å². The van der Waals surface area contributed by atoms with E-state index in [4.69, 9.17) is 0 Å². The Labute approximate surface area is 135 Å². The Morgan fingerprint density at radius 2 is 1.61 bits per heavy atom. The number of rotatable bonds is 2. The molecule has 2 aromatic carbocycles. The van der Waals surface area contributed by atoms with Gasteiger partial charge in [-0.05, 0) is 35.4 Å². The third-order valence-corrected chi connectivity index (χ3v) is 4.20. The maximum absolute atomic E-state index is 12.8. The average Bonchev–Trinajstić information content (AvgIpc) is 3.06. The van der Waals surface area contributed by atoms with Crippen molar-refractivity contribution in [3.05, 3.63) is 89.6 Å². The van der Waals surface area contributed by atoms with Crippen molar-refractivity contribution in [2.45, 2.75) is 13.1 Å². The van der Waals surface area contributed by atoms with Crippen LogP contribution in [0.25, 0.3) is 11.3 Å². The lowest BCUT2D eigenvalue weighted by atomic mass is 10.1. The molecular formula is C20H16N2O. The highest BCUT2D eigenvalue weighted by Gasteiger charge is 2.23. The number of nitrogens with zero attached hydrogens (tertiary/aromatic N) is 2. The van der Waals surface area contributed by atoms with Crippen LogP contribution in [0.2, 0.25) is 0 Å². The van der Waals surface area contributed by atoms with E-state index in [1.807, 2.05) is 59.5 Å². The zero-order valence-electron chi connectivity index (χ0n) is 12.6. The first-order valence-corrected chi connectivity index (χ1v) is 7.69. The number of pyridine rings is 1. The minimum atomic E-state index is 0.0685. The number of aromatic nitrogens is 1. The van der Waals surface area contributed by atoms with Crippen LogP contribution in [0.3, 0.4) is 0 Å². The van der Waals surface area contributed by atoms with Crippen LogP contribution in [0.1, 0.15) is 21.5 Å². The minimum absolute atomic E-state index is 0.0685. The number of carbonyl (C=O) groups is 1. The van der Waals surface area contributed by atoms with E-state index in [0.29, 0.717) is 18.7 Å². The molecule has 1 aliphatic rings. The van der Waals surface area contributed by atoms with E-state index in [9.17, 15) is 4.79 Å². The maximum atomic E-state index is 12.8. The van der Waals surface area contributed by atoms with Gasteiger partial charge in [0, 0.05) is 30.4 Å². The molecule has 0 saturated carbocycles. The summed E-state index contributed by atoms with van der Waals surface area (Å²) in [5, 5.41) is 0. The summed E-state index contributed by atoms with van der Waals surface area (Å²) in [4.78, 5) is 19.1. The molecule has 0 aliphatic carbocycles. The van der Waals surface area contributed by atoms with Gasteiger partial charge in [-0.15, -0.1) is 0 Å². The SMILES string of the molecule is O=C(c1cccc(-c2ccccn2)c1)N1Cc2ccccc2C1. The third-order valence-electron chi connectivity index (χ3n) is 4.20. The van der Waals surface area contributed by atoms with Crippen molar-refractivity contribution in [3.63, 3.8) is 0 Å². The number of hydrogen-bond acceptors (Lipinski definition) is 2. The monoisotopic (exact) mass is 300 g/mol. The lowest BCUT2D eigenvalue weighted by Gasteiger charge is -2.16. The third kappa shape index (κ3) is 2.61. The zero-order chi connectivity index (χ0) is 15.6. The molecule has 0 bridgehead atoms. The second-order valence-electron chi connectivity index (χ2n) is 5.73. The average molecular weight is 300 g/mol. The Kier molecular flexibility index (Phi) is 3.39. The summed E-state index contributed by atoms with van der Waals surface area (Å²) in [6.45, 7) is 1.37. The number of fused-ring (bicyclic) bond motifs is 1. The molecule has 2 heterocycles. The van der Waals surface area contributed by atoms with Gasteiger partial charge in [0.25, 0.3) is 5.91 Å². The van der Waals surface area contributed by atoms with Gasteiger partial charge in [-0.3, -0.25) is 9.78 Å². The van der Waals surface area contributed by atoms with Crippen LogP contribution in [0.15, 0.2) is 72.9 Å². The Hall–Kier alpha value is -2.94. The molecule has 112 valence electrons. The molecule has 3 aromatic rings. The second kappa shape index (κ2) is 5.69. The van der Waals surface area contributed by atoms with Gasteiger partial charge in [-0.1, -0.05) is 42.5 Å². The van der Waals surface area contributed by atoms with Gasteiger partial charge in [-0.25, -0.2) is 0 Å². The summed E-state index contributed by atoms with van der Waals surface area (Å²) in [7, 11) is 0. The van der Waals surface area contributed by atoms with Crippen molar-refractivity contribution < 1.29 is 4.79 Å². The van der Waals surface area contributed by atoms with E-state index in [2.05, 4.69) is 17.1 Å². The maximum Gasteiger partial charge on any atom is 0.254 e. The van der Waals surface area contributed by atoms with Crippen molar-refractivity contribution in [1.82, 2.24) is 9.88 Å². The van der Waals surface area contributed by atoms with Gasteiger partial charge in [0.1, 0.15) is 0 Å². The smallest absolute Gasteiger partial charge is 0.254 e. The molecule has 0 saturated heterocycles. The van der Waals surface area contributed by atoms with Gasteiger partial charge in [0.15, 0.2) is 0 Å². The van der Waals surface area contributed by atoms with Crippen LogP contribution in [-0.2, 0) is 13.1 Å². The quantitative estimate of drug-likeness (QED) is 0.719. The summed E-state index contributed by atoms with van der Waals surface area (Å²) in [5.41, 5.74) is 5.03. The normalized spacial score (nSPS) is 13.0. The first-order valence-electron chi connectivity index (χ1n) is 7.69. The van der Waals surface area contributed by atoms with Gasteiger partial charge in [0.05, 0.1) is 5.69 Å². The van der Waals surface area contributed by atoms with Crippen LogP contribution in [0.5, 0.6) is 0 Å². The zero-order valence-corrected chi connectivity index (χ0v) is 12.6. The fraction of sp³-hybridized carbons (Fsp3) is 0.100. The summed E-state index contributed by atoms with van der Waals surface area (Å²) < 4.78 is 0. The summed E-state index contributed by atoms with van der Waals surface area (Å²) in [5.74, 6) is 0.0685. The first-order chi connectivity index (χ1) is 11.3. The van der Waals surface area contributed by atoms with E-state index in [-0.39, 0.29) is 5.91 Å². The molecule has 0 N–H and O–H groups in total. The lowest BCUT2D eigenvalue weighted by Crippen LogP contribution is -2.25. The fourth-order valence-electron chi connectivity index (χ4n) is 3.00. The molecule has 4 rings (SSSR count). The number of benzene rings is 2. The molecule has 0 atom stereocenters. The molecule has 23 heavy (non-hydrogen) atoms. The minimum Gasteiger partial charge on any atom is -0.330 e. The Morgan fingerprint density at radius 1 is 0.870 bits per heavy atom. The molecule has 0 radical (unpaired) electrons. The molecule has 1 aromatic heterocycles. The van der Waals surface area contributed by atoms with Crippen LogP contribution in [0.4, 0.5) is 0 Å². The van der Waals surface area contributed by atoms with Gasteiger partial charge < -0.3 is 4.90 Å². The predicted octanol–water partition coefficient (Wildman–Crippen LogP) is 3.90. The van der Waals surface area contributed by atoms with Crippen LogP contribution < -0.4 is 0 Å². The fourth-order valence-corrected chi connectivity index (χ4v) is 3.00. The van der Waals surface area contributed by atoms with E-state index < -0.39 is 0 Å². The van der Waals surface area contributed by atoms with E-state index >= 15 is 0 Å². The van der Waals surface area contributed by atoms with Crippen LogP contribution in [0, 0.1) is 0 Å². The molecule has 0 spiro atoms. The standard InChI is InChI=1S/C20H16N2O/c23-20(22-13-17-6-1-2-7-18(17)14-22)16-9-5-8-15(12-16)19-10-3-4-11-21-19/h1-12H,13-14H2. The largest absolute Gasteiger partial charge is 0.330 e. The number of hydrogen-bond donors (Lipinski definition) is 0. The molecule has 3 nitrogen and oxygen atoms in total. The summed E-state index contributed by atoms with van der Waals surface area (Å²) >= 11 is 0. The van der Waals surface area contributed by atoms with Gasteiger partial charge in [-0.2, -0.15) is 0 Å².